The quantitative estimate of drug-likeness (QED) is 0.554. The largest absolute Gasteiger partial charge is 0.281 e. The Labute approximate surface area is 62.4 Å². The zero-order chi connectivity index (χ0) is 7.86. The molecule has 0 rings (SSSR count). The van der Waals surface area contributed by atoms with Gasteiger partial charge in [-0.1, -0.05) is 27.7 Å². The average molecular weight is 151 g/mol. The third kappa shape index (κ3) is 7.96. The lowest BCUT2D eigenvalue weighted by atomic mass is 10.1. The molecule has 1 unspecified atom stereocenters. The first-order valence-corrected chi connectivity index (χ1v) is 3.75. The number of rotatable bonds is 2. The molecule has 0 heterocycles. The first kappa shape index (κ1) is 11.7. The second kappa shape index (κ2) is 7.96. The number of hydrogen-bond donors (Lipinski definition) is 0. The van der Waals surface area contributed by atoms with Gasteiger partial charge in [0.1, 0.15) is 0 Å². The molecule has 2 heteroatoms. The van der Waals surface area contributed by atoms with Crippen molar-refractivity contribution in [3.05, 3.63) is 0 Å². The summed E-state index contributed by atoms with van der Waals surface area (Å²) >= 11 is 5.09. The van der Waals surface area contributed by atoms with E-state index in [1.165, 1.54) is 0 Å². The molecule has 0 aromatic carbocycles. The minimum atomic E-state index is -0.234. The van der Waals surface area contributed by atoms with Gasteiger partial charge in [0, 0.05) is 5.92 Å². The third-order valence-corrected chi connectivity index (χ3v) is 1.37. The second-order valence-corrected chi connectivity index (χ2v) is 1.99. The van der Waals surface area contributed by atoms with Gasteiger partial charge in [0.05, 0.1) is 0 Å². The van der Waals surface area contributed by atoms with E-state index in [4.69, 9.17) is 11.6 Å². The highest BCUT2D eigenvalue weighted by atomic mass is 35.5. The SMILES string of the molecule is CC.CCC(C)C(=O)Cl. The van der Waals surface area contributed by atoms with Gasteiger partial charge in [0.25, 0.3) is 0 Å². The van der Waals surface area contributed by atoms with Crippen LogP contribution in [0, 0.1) is 5.92 Å². The fourth-order valence-corrected chi connectivity index (χ4v) is 0.315. The van der Waals surface area contributed by atoms with E-state index in [9.17, 15) is 4.79 Å². The first-order chi connectivity index (χ1) is 4.18. The maximum Gasteiger partial charge on any atom is 0.224 e. The lowest BCUT2D eigenvalue weighted by Gasteiger charge is -1.95. The van der Waals surface area contributed by atoms with Gasteiger partial charge in [-0.2, -0.15) is 0 Å². The molecule has 0 amide bonds. The molecule has 0 aliphatic carbocycles. The summed E-state index contributed by atoms with van der Waals surface area (Å²) in [6, 6.07) is 0. The molecular formula is C7H15ClO. The van der Waals surface area contributed by atoms with Gasteiger partial charge in [-0.3, -0.25) is 4.79 Å². The summed E-state index contributed by atoms with van der Waals surface area (Å²) in [6.45, 7) is 7.75. The van der Waals surface area contributed by atoms with Crippen LogP contribution >= 0.6 is 11.6 Å². The van der Waals surface area contributed by atoms with E-state index in [1.54, 1.807) is 0 Å². The van der Waals surface area contributed by atoms with Gasteiger partial charge in [-0.15, -0.1) is 0 Å². The number of halogens is 1. The van der Waals surface area contributed by atoms with Gasteiger partial charge in [-0.05, 0) is 18.0 Å². The smallest absolute Gasteiger partial charge is 0.224 e. The molecular weight excluding hydrogens is 136 g/mol. The minimum Gasteiger partial charge on any atom is -0.281 e. The number of hydrogen-bond acceptors (Lipinski definition) is 1. The molecule has 0 N–H and O–H groups in total. The van der Waals surface area contributed by atoms with Crippen LogP contribution in [-0.2, 0) is 4.79 Å². The van der Waals surface area contributed by atoms with Crippen LogP contribution in [0.2, 0.25) is 0 Å². The molecule has 0 aliphatic rings. The van der Waals surface area contributed by atoms with Crippen molar-refractivity contribution in [2.24, 2.45) is 5.92 Å². The highest BCUT2D eigenvalue weighted by molar-refractivity contribution is 6.63. The van der Waals surface area contributed by atoms with Crippen LogP contribution in [0.1, 0.15) is 34.1 Å². The van der Waals surface area contributed by atoms with Crippen LogP contribution in [0.3, 0.4) is 0 Å². The van der Waals surface area contributed by atoms with Crippen molar-refractivity contribution in [2.45, 2.75) is 34.1 Å². The Hall–Kier alpha value is -0.0400. The lowest BCUT2D eigenvalue weighted by molar-refractivity contribution is -0.114. The van der Waals surface area contributed by atoms with Crippen LogP contribution in [0.5, 0.6) is 0 Å². The van der Waals surface area contributed by atoms with Crippen LogP contribution in [0.25, 0.3) is 0 Å². The fourth-order valence-electron chi connectivity index (χ4n) is 0.160. The topological polar surface area (TPSA) is 17.1 Å². The highest BCUT2D eigenvalue weighted by Crippen LogP contribution is 2.03. The Balaban J connectivity index is 0. The third-order valence-electron chi connectivity index (χ3n) is 1.000. The van der Waals surface area contributed by atoms with Crippen LogP contribution in [0.15, 0.2) is 0 Å². The predicted octanol–water partition coefficient (Wildman–Crippen LogP) is 2.82. The molecule has 0 bridgehead atoms. The maximum atomic E-state index is 10.1. The van der Waals surface area contributed by atoms with Crippen molar-refractivity contribution in [3.63, 3.8) is 0 Å². The van der Waals surface area contributed by atoms with Crippen molar-refractivity contribution >= 4 is 16.8 Å². The summed E-state index contributed by atoms with van der Waals surface area (Å²) in [5.74, 6) is 0.0293. The molecule has 1 nitrogen and oxygen atoms in total. The van der Waals surface area contributed by atoms with E-state index in [2.05, 4.69) is 0 Å². The second-order valence-electron chi connectivity index (χ2n) is 1.61. The predicted molar refractivity (Wildman–Crippen MR) is 41.7 cm³/mol. The van der Waals surface area contributed by atoms with E-state index in [0.29, 0.717) is 0 Å². The normalized spacial score (nSPS) is 11.2. The molecule has 9 heavy (non-hydrogen) atoms. The van der Waals surface area contributed by atoms with Gasteiger partial charge < -0.3 is 0 Å². The van der Waals surface area contributed by atoms with Crippen LogP contribution in [-0.4, -0.2) is 5.24 Å². The molecule has 0 aromatic heterocycles. The summed E-state index contributed by atoms with van der Waals surface area (Å²) < 4.78 is 0. The molecule has 0 aliphatic heterocycles. The molecule has 0 saturated heterocycles. The monoisotopic (exact) mass is 150 g/mol. The zero-order valence-electron chi connectivity index (χ0n) is 6.57. The lowest BCUT2D eigenvalue weighted by Crippen LogP contribution is -1.99. The van der Waals surface area contributed by atoms with E-state index in [0.717, 1.165) is 6.42 Å². The number of carbonyl (C=O) groups is 1. The van der Waals surface area contributed by atoms with E-state index < -0.39 is 0 Å². The van der Waals surface area contributed by atoms with Crippen molar-refractivity contribution in [1.82, 2.24) is 0 Å². The Kier molecular flexibility index (Phi) is 10.4. The first-order valence-electron chi connectivity index (χ1n) is 3.37. The molecule has 0 spiro atoms. The summed E-state index contributed by atoms with van der Waals surface area (Å²) in [7, 11) is 0. The van der Waals surface area contributed by atoms with Crippen molar-refractivity contribution in [1.29, 1.82) is 0 Å². The zero-order valence-corrected chi connectivity index (χ0v) is 7.33. The molecule has 0 radical (unpaired) electrons. The van der Waals surface area contributed by atoms with Gasteiger partial charge in [0.2, 0.25) is 5.24 Å². The van der Waals surface area contributed by atoms with Crippen molar-refractivity contribution in [3.8, 4) is 0 Å². The summed E-state index contributed by atoms with van der Waals surface area (Å²) in [5.41, 5.74) is 0. The summed E-state index contributed by atoms with van der Waals surface area (Å²) in [4.78, 5) is 10.1. The molecule has 1 atom stereocenters. The van der Waals surface area contributed by atoms with Gasteiger partial charge >= 0.3 is 0 Å². The summed E-state index contributed by atoms with van der Waals surface area (Å²) in [6.07, 6.45) is 0.836. The Morgan fingerprint density at radius 2 is 1.89 bits per heavy atom. The molecule has 0 fully saturated rings. The molecule has 0 saturated carbocycles. The average Bonchev–Trinajstić information content (AvgIpc) is 1.91. The van der Waals surface area contributed by atoms with E-state index in [-0.39, 0.29) is 11.2 Å². The minimum absolute atomic E-state index is 0.0293. The van der Waals surface area contributed by atoms with Gasteiger partial charge in [-0.25, -0.2) is 0 Å². The fraction of sp³-hybridized carbons (Fsp3) is 0.857. The molecule has 0 aromatic rings. The van der Waals surface area contributed by atoms with E-state index >= 15 is 0 Å². The van der Waals surface area contributed by atoms with E-state index in [1.807, 2.05) is 27.7 Å². The Morgan fingerprint density at radius 3 is 1.89 bits per heavy atom. The van der Waals surface area contributed by atoms with Crippen LogP contribution in [0.4, 0.5) is 0 Å². The maximum absolute atomic E-state index is 10.1. The summed E-state index contributed by atoms with van der Waals surface area (Å²) in [5, 5.41) is -0.234. The standard InChI is InChI=1S/C5H9ClO.C2H6/c1-3-4(2)5(6)7;1-2/h4H,3H2,1-2H3;1-2H3. The van der Waals surface area contributed by atoms with Crippen LogP contribution < -0.4 is 0 Å². The molecule has 56 valence electrons. The highest BCUT2D eigenvalue weighted by Gasteiger charge is 2.04. The number of carbonyl (C=O) groups excluding carboxylic acids is 1. The Morgan fingerprint density at radius 1 is 1.56 bits per heavy atom. The van der Waals surface area contributed by atoms with Gasteiger partial charge in [0.15, 0.2) is 0 Å². The van der Waals surface area contributed by atoms with Crippen molar-refractivity contribution in [2.75, 3.05) is 0 Å². The Bertz CT molecular complexity index is 71.3. The van der Waals surface area contributed by atoms with Crippen molar-refractivity contribution < 1.29 is 4.79 Å².